The van der Waals surface area contributed by atoms with E-state index in [1.54, 1.807) is 0 Å². The summed E-state index contributed by atoms with van der Waals surface area (Å²) in [6, 6.07) is 1.00. The first-order valence-corrected chi connectivity index (χ1v) is 7.82. The normalized spacial score (nSPS) is 13.1. The van der Waals surface area contributed by atoms with Crippen molar-refractivity contribution in [3.63, 3.8) is 0 Å². The Labute approximate surface area is 125 Å². The minimum atomic E-state index is -4.00. The van der Waals surface area contributed by atoms with Crippen LogP contribution in [-0.2, 0) is 14.8 Å². The zero-order chi connectivity index (χ0) is 15.7. The minimum absolute atomic E-state index is 0.0289. The summed E-state index contributed by atoms with van der Waals surface area (Å²) in [6.45, 7) is 1.42. The third-order valence-electron chi connectivity index (χ3n) is 2.48. The molecule has 0 aliphatic rings. The maximum Gasteiger partial charge on any atom is 0.242 e. The van der Waals surface area contributed by atoms with E-state index in [1.165, 1.54) is 25.9 Å². The van der Waals surface area contributed by atoms with Crippen LogP contribution in [0.15, 0.2) is 21.5 Å². The summed E-state index contributed by atoms with van der Waals surface area (Å²) >= 11 is 2.96. The molecule has 0 aromatic heterocycles. The van der Waals surface area contributed by atoms with Gasteiger partial charge in [0.2, 0.25) is 15.9 Å². The Morgan fingerprint density at radius 1 is 1.45 bits per heavy atom. The van der Waals surface area contributed by atoms with Gasteiger partial charge in [0.05, 0.1) is 16.6 Å². The van der Waals surface area contributed by atoms with Gasteiger partial charge in [0.15, 0.2) is 0 Å². The van der Waals surface area contributed by atoms with Gasteiger partial charge in [-0.2, -0.15) is 4.72 Å². The summed E-state index contributed by atoms with van der Waals surface area (Å²) in [5.41, 5.74) is 5.07. The highest BCUT2D eigenvalue weighted by molar-refractivity contribution is 9.10. The number of halogens is 2. The van der Waals surface area contributed by atoms with Gasteiger partial charge in [0.25, 0.3) is 0 Å². The number of nitrogens with zero attached hydrogens (tertiary/aromatic N) is 1. The standard InChI is InChI=1S/C11H15BrFN3O3S/c1-6(11(17)16(2)3)15-20(18,19)10-5-9(14)8(13)4-7(10)12/h4-6,15H,14H2,1-3H3. The van der Waals surface area contributed by atoms with E-state index in [0.717, 1.165) is 12.1 Å². The molecular weight excluding hydrogens is 353 g/mol. The number of rotatable bonds is 4. The van der Waals surface area contributed by atoms with Gasteiger partial charge >= 0.3 is 0 Å². The van der Waals surface area contributed by atoms with E-state index in [9.17, 15) is 17.6 Å². The molecule has 1 aromatic carbocycles. The molecule has 112 valence electrons. The van der Waals surface area contributed by atoms with Gasteiger partial charge in [0, 0.05) is 18.6 Å². The summed E-state index contributed by atoms with van der Waals surface area (Å²) in [5, 5.41) is 0. The van der Waals surface area contributed by atoms with Gasteiger partial charge in [-0.25, -0.2) is 12.8 Å². The number of anilines is 1. The Hall–Kier alpha value is -1.19. The van der Waals surface area contributed by atoms with Crippen molar-refractivity contribution in [2.75, 3.05) is 19.8 Å². The molecule has 0 aliphatic heterocycles. The molecule has 0 radical (unpaired) electrons. The Kier molecular flexibility index (Phi) is 5.11. The Balaban J connectivity index is 3.12. The number of hydrogen-bond acceptors (Lipinski definition) is 4. The van der Waals surface area contributed by atoms with E-state index in [0.29, 0.717) is 0 Å². The first-order valence-electron chi connectivity index (χ1n) is 5.54. The first kappa shape index (κ1) is 16.9. The molecule has 1 atom stereocenters. The van der Waals surface area contributed by atoms with Crippen LogP contribution in [0.25, 0.3) is 0 Å². The second-order valence-corrected chi connectivity index (χ2v) is 6.92. The van der Waals surface area contributed by atoms with Crippen molar-refractivity contribution in [2.24, 2.45) is 0 Å². The first-order chi connectivity index (χ1) is 9.06. The number of nitrogens with one attached hydrogen (secondary N) is 1. The summed E-state index contributed by atoms with van der Waals surface area (Å²) in [6.07, 6.45) is 0. The zero-order valence-corrected chi connectivity index (χ0v) is 13.5. The molecule has 0 saturated carbocycles. The Morgan fingerprint density at radius 3 is 2.50 bits per heavy atom. The Bertz CT molecular complexity index is 634. The molecule has 20 heavy (non-hydrogen) atoms. The van der Waals surface area contributed by atoms with E-state index in [2.05, 4.69) is 20.7 Å². The van der Waals surface area contributed by atoms with Crippen LogP contribution < -0.4 is 10.5 Å². The molecule has 1 unspecified atom stereocenters. The number of nitrogens with two attached hydrogens (primary N) is 1. The third-order valence-corrected chi connectivity index (χ3v) is 4.98. The van der Waals surface area contributed by atoms with Crippen molar-refractivity contribution in [3.05, 3.63) is 22.4 Å². The fourth-order valence-corrected chi connectivity index (χ4v) is 3.73. The summed E-state index contributed by atoms with van der Waals surface area (Å²) < 4.78 is 39.8. The molecule has 1 amide bonds. The number of carbonyl (C=O) groups excluding carboxylic acids is 1. The SMILES string of the molecule is CC(NS(=O)(=O)c1cc(N)c(F)cc1Br)C(=O)N(C)C. The van der Waals surface area contributed by atoms with E-state index in [1.807, 2.05) is 0 Å². The van der Waals surface area contributed by atoms with Crippen LogP contribution in [0.1, 0.15) is 6.92 Å². The summed E-state index contributed by atoms with van der Waals surface area (Å²) in [5.74, 6) is -1.13. The number of likely N-dealkylation sites (N-methyl/N-ethyl adjacent to an activating group) is 1. The van der Waals surface area contributed by atoms with Crippen molar-refractivity contribution in [1.82, 2.24) is 9.62 Å². The maximum atomic E-state index is 13.2. The molecule has 0 fully saturated rings. The lowest BCUT2D eigenvalue weighted by atomic mass is 10.3. The van der Waals surface area contributed by atoms with Crippen LogP contribution in [0.3, 0.4) is 0 Å². The van der Waals surface area contributed by atoms with Crippen molar-refractivity contribution in [3.8, 4) is 0 Å². The molecular formula is C11H15BrFN3O3S. The van der Waals surface area contributed by atoms with E-state index < -0.39 is 27.8 Å². The highest BCUT2D eigenvalue weighted by Gasteiger charge is 2.25. The average molecular weight is 368 g/mol. The maximum absolute atomic E-state index is 13.2. The second-order valence-electron chi connectivity index (χ2n) is 4.38. The predicted molar refractivity (Wildman–Crippen MR) is 77.0 cm³/mol. The van der Waals surface area contributed by atoms with Crippen LogP contribution in [0.4, 0.5) is 10.1 Å². The topological polar surface area (TPSA) is 92.5 Å². The van der Waals surface area contributed by atoms with Crippen molar-refractivity contribution >= 4 is 37.5 Å². The average Bonchev–Trinajstić information content (AvgIpc) is 2.31. The monoisotopic (exact) mass is 367 g/mol. The lowest BCUT2D eigenvalue weighted by Crippen LogP contribution is -2.44. The van der Waals surface area contributed by atoms with E-state index in [-0.39, 0.29) is 15.1 Å². The molecule has 3 N–H and O–H groups in total. The lowest BCUT2D eigenvalue weighted by Gasteiger charge is -2.18. The lowest BCUT2D eigenvalue weighted by molar-refractivity contribution is -0.130. The van der Waals surface area contributed by atoms with Gasteiger partial charge in [-0.1, -0.05) is 0 Å². The molecule has 0 aliphatic carbocycles. The van der Waals surface area contributed by atoms with Crippen LogP contribution in [0.2, 0.25) is 0 Å². The van der Waals surface area contributed by atoms with Crippen LogP contribution in [0, 0.1) is 5.82 Å². The van der Waals surface area contributed by atoms with Gasteiger partial charge in [-0.15, -0.1) is 0 Å². The molecule has 6 nitrogen and oxygen atoms in total. The van der Waals surface area contributed by atoms with Gasteiger partial charge in [0.1, 0.15) is 5.82 Å². The van der Waals surface area contributed by atoms with E-state index >= 15 is 0 Å². The summed E-state index contributed by atoms with van der Waals surface area (Å²) in [7, 11) is -0.973. The number of sulfonamides is 1. The molecule has 0 bridgehead atoms. The summed E-state index contributed by atoms with van der Waals surface area (Å²) in [4.78, 5) is 12.7. The number of carbonyl (C=O) groups is 1. The number of hydrogen-bond donors (Lipinski definition) is 2. The molecule has 1 rings (SSSR count). The smallest absolute Gasteiger partial charge is 0.242 e. The second kappa shape index (κ2) is 6.06. The number of benzene rings is 1. The molecule has 0 heterocycles. The van der Waals surface area contributed by atoms with Crippen molar-refractivity contribution in [1.29, 1.82) is 0 Å². The van der Waals surface area contributed by atoms with Crippen molar-refractivity contribution in [2.45, 2.75) is 17.9 Å². The third kappa shape index (κ3) is 3.68. The highest BCUT2D eigenvalue weighted by Crippen LogP contribution is 2.26. The predicted octanol–water partition coefficient (Wildman–Crippen LogP) is 0.925. The minimum Gasteiger partial charge on any atom is -0.396 e. The molecule has 1 aromatic rings. The molecule has 0 spiro atoms. The van der Waals surface area contributed by atoms with Crippen molar-refractivity contribution < 1.29 is 17.6 Å². The number of nitrogen functional groups attached to an aromatic ring is 1. The Morgan fingerprint density at radius 2 is 2.00 bits per heavy atom. The molecule has 0 saturated heterocycles. The van der Waals surface area contributed by atoms with Crippen LogP contribution in [-0.4, -0.2) is 39.4 Å². The van der Waals surface area contributed by atoms with Crippen LogP contribution in [0.5, 0.6) is 0 Å². The van der Waals surface area contributed by atoms with Gasteiger partial charge in [-0.05, 0) is 35.0 Å². The fraction of sp³-hybridized carbons (Fsp3) is 0.364. The highest BCUT2D eigenvalue weighted by atomic mass is 79.9. The quantitative estimate of drug-likeness (QED) is 0.774. The zero-order valence-electron chi connectivity index (χ0n) is 11.1. The fourth-order valence-electron chi connectivity index (χ4n) is 1.48. The van der Waals surface area contributed by atoms with Crippen LogP contribution >= 0.6 is 15.9 Å². The molecule has 9 heteroatoms. The number of amides is 1. The largest absolute Gasteiger partial charge is 0.396 e. The van der Waals surface area contributed by atoms with Gasteiger partial charge < -0.3 is 10.6 Å². The van der Waals surface area contributed by atoms with Gasteiger partial charge in [-0.3, -0.25) is 4.79 Å². The van der Waals surface area contributed by atoms with E-state index in [4.69, 9.17) is 5.73 Å².